The van der Waals surface area contributed by atoms with Crippen LogP contribution in [0.4, 0.5) is 5.69 Å². The molecule has 0 atom stereocenters. The Morgan fingerprint density at radius 1 is 1.10 bits per heavy atom. The highest BCUT2D eigenvalue weighted by molar-refractivity contribution is 7.99. The first-order chi connectivity index (χ1) is 15.0. The number of thioether (sulfide) groups is 1. The van der Waals surface area contributed by atoms with Gasteiger partial charge in [0.1, 0.15) is 4.70 Å². The SMILES string of the molecule is CC(C)c1ccc(NC(=O)CSc2nc3ccsc3c(=O)n2Cc2ccccc2)cc1. The maximum Gasteiger partial charge on any atom is 0.272 e. The summed E-state index contributed by atoms with van der Waals surface area (Å²) in [5.41, 5.74) is 3.60. The van der Waals surface area contributed by atoms with Gasteiger partial charge in [0, 0.05) is 5.69 Å². The third-order valence-electron chi connectivity index (χ3n) is 4.91. The van der Waals surface area contributed by atoms with E-state index < -0.39 is 0 Å². The molecule has 0 spiro atoms. The average Bonchev–Trinajstić information content (AvgIpc) is 3.24. The van der Waals surface area contributed by atoms with Crippen LogP contribution in [0.25, 0.3) is 10.2 Å². The van der Waals surface area contributed by atoms with Crippen molar-refractivity contribution in [3.63, 3.8) is 0 Å². The summed E-state index contributed by atoms with van der Waals surface area (Å²) >= 11 is 2.67. The third-order valence-corrected chi connectivity index (χ3v) is 6.78. The van der Waals surface area contributed by atoms with Gasteiger partial charge in [0.15, 0.2) is 5.16 Å². The minimum atomic E-state index is -0.131. The molecule has 158 valence electrons. The molecule has 0 saturated carbocycles. The number of nitrogens with zero attached hydrogens (tertiary/aromatic N) is 2. The van der Waals surface area contributed by atoms with E-state index in [1.807, 2.05) is 66.0 Å². The number of fused-ring (bicyclic) bond motifs is 1. The highest BCUT2D eigenvalue weighted by atomic mass is 32.2. The maximum absolute atomic E-state index is 13.1. The van der Waals surface area contributed by atoms with Crippen LogP contribution >= 0.6 is 23.1 Å². The van der Waals surface area contributed by atoms with Crippen LogP contribution in [0, 0.1) is 0 Å². The zero-order valence-corrected chi connectivity index (χ0v) is 19.0. The van der Waals surface area contributed by atoms with Crippen LogP contribution in [0.5, 0.6) is 0 Å². The first-order valence-electron chi connectivity index (χ1n) is 10.1. The topological polar surface area (TPSA) is 64.0 Å². The number of amides is 1. The predicted octanol–water partition coefficient (Wildman–Crippen LogP) is 5.36. The van der Waals surface area contributed by atoms with Crippen molar-refractivity contribution < 1.29 is 4.79 Å². The van der Waals surface area contributed by atoms with Crippen molar-refractivity contribution in [2.24, 2.45) is 0 Å². The second-order valence-corrected chi connectivity index (χ2v) is 9.38. The van der Waals surface area contributed by atoms with Crippen LogP contribution in [-0.4, -0.2) is 21.2 Å². The molecule has 2 heterocycles. The second-order valence-electron chi connectivity index (χ2n) is 7.52. The van der Waals surface area contributed by atoms with Crippen LogP contribution in [0.1, 0.15) is 30.9 Å². The Hall–Kier alpha value is -2.90. The van der Waals surface area contributed by atoms with Gasteiger partial charge in [-0.2, -0.15) is 0 Å². The third kappa shape index (κ3) is 5.06. The lowest BCUT2D eigenvalue weighted by atomic mass is 10.0. The summed E-state index contributed by atoms with van der Waals surface area (Å²) < 4.78 is 2.29. The van der Waals surface area contributed by atoms with Gasteiger partial charge in [0.2, 0.25) is 5.91 Å². The molecule has 0 fully saturated rings. The van der Waals surface area contributed by atoms with Gasteiger partial charge < -0.3 is 5.32 Å². The summed E-state index contributed by atoms with van der Waals surface area (Å²) in [6.07, 6.45) is 0. The average molecular weight is 450 g/mol. The van der Waals surface area contributed by atoms with Crippen molar-refractivity contribution in [1.82, 2.24) is 9.55 Å². The van der Waals surface area contributed by atoms with E-state index in [0.29, 0.717) is 27.8 Å². The molecule has 2 aromatic carbocycles. The Labute approximate surface area is 189 Å². The Kier molecular flexibility index (Phi) is 6.53. The van der Waals surface area contributed by atoms with E-state index in [9.17, 15) is 9.59 Å². The van der Waals surface area contributed by atoms with Crippen molar-refractivity contribution >= 4 is 44.9 Å². The molecule has 5 nitrogen and oxygen atoms in total. The molecule has 1 amide bonds. The zero-order chi connectivity index (χ0) is 21.8. The van der Waals surface area contributed by atoms with Crippen molar-refractivity contribution in [2.75, 3.05) is 11.1 Å². The van der Waals surface area contributed by atoms with E-state index in [1.165, 1.54) is 28.7 Å². The number of carbonyl (C=O) groups is 1. The summed E-state index contributed by atoms with van der Waals surface area (Å²) in [6, 6.07) is 19.5. The molecule has 2 aromatic heterocycles. The zero-order valence-electron chi connectivity index (χ0n) is 17.4. The van der Waals surface area contributed by atoms with Crippen molar-refractivity contribution in [1.29, 1.82) is 0 Å². The number of aromatic nitrogens is 2. The molecule has 0 unspecified atom stereocenters. The molecule has 4 rings (SSSR count). The fourth-order valence-electron chi connectivity index (χ4n) is 3.22. The normalized spacial score (nSPS) is 11.2. The van der Waals surface area contributed by atoms with E-state index in [4.69, 9.17) is 0 Å². The van der Waals surface area contributed by atoms with E-state index in [2.05, 4.69) is 24.1 Å². The van der Waals surface area contributed by atoms with E-state index in [0.717, 1.165) is 11.3 Å². The molecular formula is C24H23N3O2S2. The van der Waals surface area contributed by atoms with Crippen molar-refractivity contribution in [3.05, 3.63) is 87.5 Å². The minimum absolute atomic E-state index is 0.0731. The van der Waals surface area contributed by atoms with Gasteiger partial charge in [-0.25, -0.2) is 4.98 Å². The smallest absolute Gasteiger partial charge is 0.272 e. The molecular weight excluding hydrogens is 426 g/mol. The molecule has 0 aliphatic heterocycles. The lowest BCUT2D eigenvalue weighted by molar-refractivity contribution is -0.113. The van der Waals surface area contributed by atoms with Gasteiger partial charge in [-0.05, 0) is 40.6 Å². The molecule has 31 heavy (non-hydrogen) atoms. The van der Waals surface area contributed by atoms with Gasteiger partial charge in [-0.3, -0.25) is 14.2 Å². The van der Waals surface area contributed by atoms with Gasteiger partial charge in [-0.1, -0.05) is 68.1 Å². The molecule has 0 radical (unpaired) electrons. The molecule has 4 aromatic rings. The number of benzene rings is 2. The number of hydrogen-bond acceptors (Lipinski definition) is 5. The minimum Gasteiger partial charge on any atom is -0.325 e. The fourth-order valence-corrected chi connectivity index (χ4v) is 4.79. The van der Waals surface area contributed by atoms with E-state index in [1.54, 1.807) is 4.57 Å². The lowest BCUT2D eigenvalue weighted by Crippen LogP contribution is -2.24. The van der Waals surface area contributed by atoms with Gasteiger partial charge in [0.25, 0.3) is 5.56 Å². The molecule has 0 aliphatic carbocycles. The highest BCUT2D eigenvalue weighted by Crippen LogP contribution is 2.22. The van der Waals surface area contributed by atoms with E-state index in [-0.39, 0.29) is 17.2 Å². The Morgan fingerprint density at radius 3 is 2.55 bits per heavy atom. The van der Waals surface area contributed by atoms with Crippen LogP contribution in [0.3, 0.4) is 0 Å². The largest absolute Gasteiger partial charge is 0.325 e. The molecule has 0 bridgehead atoms. The number of hydrogen-bond donors (Lipinski definition) is 1. The van der Waals surface area contributed by atoms with Crippen LogP contribution in [-0.2, 0) is 11.3 Å². The maximum atomic E-state index is 13.1. The van der Waals surface area contributed by atoms with E-state index >= 15 is 0 Å². The number of rotatable bonds is 7. The first kappa shape index (κ1) is 21.3. The second kappa shape index (κ2) is 9.49. The Bertz CT molecular complexity index is 1250. The predicted molar refractivity (Wildman–Crippen MR) is 129 cm³/mol. The van der Waals surface area contributed by atoms with Crippen LogP contribution < -0.4 is 10.9 Å². The van der Waals surface area contributed by atoms with Crippen LogP contribution in [0.2, 0.25) is 0 Å². The monoisotopic (exact) mass is 449 g/mol. The molecule has 1 N–H and O–H groups in total. The van der Waals surface area contributed by atoms with Gasteiger partial charge in [-0.15, -0.1) is 11.3 Å². The molecule has 0 aliphatic rings. The summed E-state index contributed by atoms with van der Waals surface area (Å²) in [6.45, 7) is 4.69. The summed E-state index contributed by atoms with van der Waals surface area (Å²) in [5, 5.41) is 5.34. The Balaban J connectivity index is 1.52. The summed E-state index contributed by atoms with van der Waals surface area (Å²) in [7, 11) is 0. The number of carbonyl (C=O) groups excluding carboxylic acids is 1. The standard InChI is InChI=1S/C24H23N3O2S2/c1-16(2)18-8-10-19(11-9-18)25-21(28)15-31-24-26-20-12-13-30-22(20)23(29)27(24)14-17-6-4-3-5-7-17/h3-13,16H,14-15H2,1-2H3,(H,25,28). The van der Waals surface area contributed by atoms with Crippen LogP contribution in [0.15, 0.2) is 76.0 Å². The first-order valence-corrected chi connectivity index (χ1v) is 11.9. The lowest BCUT2D eigenvalue weighted by Gasteiger charge is -2.12. The van der Waals surface area contributed by atoms with Gasteiger partial charge in [0.05, 0.1) is 17.8 Å². The summed E-state index contributed by atoms with van der Waals surface area (Å²) in [4.78, 5) is 30.2. The van der Waals surface area contributed by atoms with Gasteiger partial charge >= 0.3 is 0 Å². The van der Waals surface area contributed by atoms with Crippen molar-refractivity contribution in [2.45, 2.75) is 31.5 Å². The number of thiophene rings is 1. The summed E-state index contributed by atoms with van der Waals surface area (Å²) in [5.74, 6) is 0.482. The fraction of sp³-hybridized carbons (Fsp3) is 0.208. The Morgan fingerprint density at radius 2 is 1.84 bits per heavy atom. The number of nitrogens with one attached hydrogen (secondary N) is 1. The number of anilines is 1. The molecule has 7 heteroatoms. The van der Waals surface area contributed by atoms with Crippen molar-refractivity contribution in [3.8, 4) is 0 Å². The quantitative estimate of drug-likeness (QED) is 0.305. The highest BCUT2D eigenvalue weighted by Gasteiger charge is 2.15. The molecule has 0 saturated heterocycles.